The summed E-state index contributed by atoms with van der Waals surface area (Å²) < 4.78 is 6.99. The number of methoxy groups -OCH3 is 1. The lowest BCUT2D eigenvalue weighted by molar-refractivity contribution is -0.114. The Balaban J connectivity index is 2.05. The quantitative estimate of drug-likeness (QED) is 0.364. The van der Waals surface area contributed by atoms with Crippen LogP contribution in [0.3, 0.4) is 0 Å². The fraction of sp³-hybridized carbons (Fsp3) is 0.192. The molecule has 2 amide bonds. The summed E-state index contributed by atoms with van der Waals surface area (Å²) >= 11 is 1.02. The third-order valence-corrected chi connectivity index (χ3v) is 6.24. The van der Waals surface area contributed by atoms with Gasteiger partial charge in [-0.1, -0.05) is 12.1 Å². The monoisotopic (exact) mass is 520 g/mol. The van der Waals surface area contributed by atoms with E-state index in [-0.39, 0.29) is 33.8 Å². The maximum Gasteiger partial charge on any atom is 0.335 e. The van der Waals surface area contributed by atoms with Crippen molar-refractivity contribution >= 4 is 52.1 Å². The molecule has 0 radical (unpaired) electrons. The zero-order valence-electron chi connectivity index (χ0n) is 20.1. The van der Waals surface area contributed by atoms with Gasteiger partial charge >= 0.3 is 5.97 Å². The van der Waals surface area contributed by atoms with Crippen molar-refractivity contribution in [3.05, 3.63) is 79.2 Å². The average Bonchev–Trinajstić information content (AvgIpc) is 3.15. The van der Waals surface area contributed by atoms with Crippen LogP contribution in [0.15, 0.2) is 53.3 Å². The summed E-state index contributed by atoms with van der Waals surface area (Å²) in [5, 5.41) is 24.1. The van der Waals surface area contributed by atoms with Gasteiger partial charge in [0.2, 0.25) is 5.91 Å². The van der Waals surface area contributed by atoms with Crippen molar-refractivity contribution in [2.45, 2.75) is 19.9 Å². The van der Waals surface area contributed by atoms with Crippen molar-refractivity contribution in [1.82, 2.24) is 4.57 Å². The van der Waals surface area contributed by atoms with Gasteiger partial charge in [0, 0.05) is 38.6 Å². The standard InChI is InChI=1S/C26H24N4O6S/c1-16(31)28-19-8-4-17(5-9-19)14-22-24(33)30(12-3-13-36-2)25(37-22)21(15-27)23(32)29-20-10-6-18(7-11-20)26(34)35/h4-11,14H,3,12-13H2,1-2H3,(H,28,31)(H,29,32)(H,34,35)/b22-14+,25-21+. The Kier molecular flexibility index (Phi) is 9.10. The van der Waals surface area contributed by atoms with Crippen molar-refractivity contribution in [3.8, 4) is 6.07 Å². The SMILES string of the molecule is COCCCn1c(=O)/c(=C\c2ccc(NC(C)=O)cc2)s/c1=C(\C#N)C(=O)Nc1ccc(C(=O)O)cc1. The van der Waals surface area contributed by atoms with E-state index in [0.717, 1.165) is 11.3 Å². The summed E-state index contributed by atoms with van der Waals surface area (Å²) in [6.45, 7) is 2.03. The van der Waals surface area contributed by atoms with Gasteiger partial charge in [-0.2, -0.15) is 5.26 Å². The number of ether oxygens (including phenoxy) is 1. The van der Waals surface area contributed by atoms with Crippen LogP contribution in [0.4, 0.5) is 11.4 Å². The summed E-state index contributed by atoms with van der Waals surface area (Å²) in [7, 11) is 1.54. The van der Waals surface area contributed by atoms with E-state index in [4.69, 9.17) is 9.84 Å². The largest absolute Gasteiger partial charge is 0.478 e. The molecule has 0 bridgehead atoms. The maximum atomic E-state index is 13.2. The van der Waals surface area contributed by atoms with Gasteiger partial charge in [0.15, 0.2) is 5.57 Å². The Labute approximate surface area is 215 Å². The number of aromatic carboxylic acids is 1. The third-order valence-electron chi connectivity index (χ3n) is 5.11. The maximum absolute atomic E-state index is 13.2. The first kappa shape index (κ1) is 27.1. The first-order valence-corrected chi connectivity index (χ1v) is 11.9. The number of rotatable bonds is 9. The van der Waals surface area contributed by atoms with Gasteiger partial charge in [0.05, 0.1) is 10.1 Å². The second-order valence-corrected chi connectivity index (χ2v) is 8.88. The molecule has 3 rings (SSSR count). The fourth-order valence-corrected chi connectivity index (χ4v) is 4.50. The molecule has 0 aliphatic rings. The molecule has 0 saturated carbocycles. The molecule has 0 unspecified atom stereocenters. The molecule has 0 aliphatic heterocycles. The number of amides is 2. The third kappa shape index (κ3) is 7.00. The van der Waals surface area contributed by atoms with Crippen LogP contribution in [-0.4, -0.2) is 41.2 Å². The highest BCUT2D eigenvalue weighted by molar-refractivity contribution is 7.07. The molecular weight excluding hydrogens is 496 g/mol. The molecule has 0 fully saturated rings. The number of aromatic nitrogens is 1. The van der Waals surface area contributed by atoms with Crippen LogP contribution < -0.4 is 25.4 Å². The molecule has 0 aliphatic carbocycles. The summed E-state index contributed by atoms with van der Waals surface area (Å²) in [5.41, 5.74) is 1.07. The minimum Gasteiger partial charge on any atom is -0.478 e. The van der Waals surface area contributed by atoms with Crippen molar-refractivity contribution in [2.24, 2.45) is 0 Å². The van der Waals surface area contributed by atoms with E-state index in [1.807, 2.05) is 6.07 Å². The van der Waals surface area contributed by atoms with E-state index in [1.165, 1.54) is 42.9 Å². The molecule has 1 aromatic heterocycles. The lowest BCUT2D eigenvalue weighted by atomic mass is 10.2. The molecule has 3 aromatic rings. The molecule has 0 saturated heterocycles. The second kappa shape index (κ2) is 12.4. The van der Waals surface area contributed by atoms with Gasteiger partial charge in [-0.3, -0.25) is 19.0 Å². The van der Waals surface area contributed by atoms with E-state index in [1.54, 1.807) is 30.3 Å². The fourth-order valence-electron chi connectivity index (χ4n) is 3.38. The summed E-state index contributed by atoms with van der Waals surface area (Å²) in [5.74, 6) is -2.03. The Morgan fingerprint density at radius 1 is 1.08 bits per heavy atom. The Morgan fingerprint density at radius 3 is 2.27 bits per heavy atom. The summed E-state index contributed by atoms with van der Waals surface area (Å²) in [4.78, 5) is 48.5. The van der Waals surface area contributed by atoms with Crippen LogP contribution >= 0.6 is 11.3 Å². The van der Waals surface area contributed by atoms with Gasteiger partial charge in [0.25, 0.3) is 11.5 Å². The van der Waals surface area contributed by atoms with E-state index in [0.29, 0.717) is 34.5 Å². The minimum absolute atomic E-state index is 0.0537. The van der Waals surface area contributed by atoms with E-state index in [9.17, 15) is 24.4 Å². The molecule has 11 heteroatoms. The predicted octanol–water partition coefficient (Wildman–Crippen LogP) is 1.74. The molecule has 0 spiro atoms. The van der Waals surface area contributed by atoms with Crippen LogP contribution in [0.25, 0.3) is 11.6 Å². The number of nitriles is 1. The lowest BCUT2D eigenvalue weighted by Gasteiger charge is -2.06. The zero-order valence-corrected chi connectivity index (χ0v) is 20.9. The summed E-state index contributed by atoms with van der Waals surface area (Å²) in [6, 6.07) is 14.3. The average molecular weight is 521 g/mol. The van der Waals surface area contributed by atoms with Crippen molar-refractivity contribution in [3.63, 3.8) is 0 Å². The molecular formula is C26H24N4O6S. The number of benzene rings is 2. The van der Waals surface area contributed by atoms with Crippen LogP contribution in [0.1, 0.15) is 29.3 Å². The Morgan fingerprint density at radius 2 is 1.70 bits per heavy atom. The normalized spacial score (nSPS) is 12.0. The lowest BCUT2D eigenvalue weighted by Crippen LogP contribution is -2.34. The van der Waals surface area contributed by atoms with Crippen molar-refractivity contribution in [2.75, 3.05) is 24.4 Å². The van der Waals surface area contributed by atoms with Crippen molar-refractivity contribution in [1.29, 1.82) is 5.26 Å². The number of carbonyl (C=O) groups excluding carboxylic acids is 2. The van der Waals surface area contributed by atoms with E-state index >= 15 is 0 Å². The number of nitrogens with one attached hydrogen (secondary N) is 2. The zero-order chi connectivity index (χ0) is 26.9. The van der Waals surface area contributed by atoms with E-state index < -0.39 is 11.9 Å². The number of hydrogen-bond donors (Lipinski definition) is 3. The molecule has 3 N–H and O–H groups in total. The van der Waals surface area contributed by atoms with Gasteiger partial charge in [0.1, 0.15) is 10.7 Å². The number of hydrogen-bond acceptors (Lipinski definition) is 7. The molecule has 10 nitrogen and oxygen atoms in total. The van der Waals surface area contributed by atoms with Crippen molar-refractivity contribution < 1.29 is 24.2 Å². The molecule has 1 heterocycles. The molecule has 0 atom stereocenters. The number of thiazole rings is 1. The topological polar surface area (TPSA) is 151 Å². The van der Waals surface area contributed by atoms with Crippen LogP contribution in [0, 0.1) is 11.3 Å². The minimum atomic E-state index is -1.10. The predicted molar refractivity (Wildman–Crippen MR) is 140 cm³/mol. The van der Waals surface area contributed by atoms with E-state index in [2.05, 4.69) is 10.6 Å². The summed E-state index contributed by atoms with van der Waals surface area (Å²) in [6.07, 6.45) is 2.14. The highest BCUT2D eigenvalue weighted by Crippen LogP contribution is 2.12. The molecule has 37 heavy (non-hydrogen) atoms. The molecule has 2 aromatic carbocycles. The number of carbonyl (C=O) groups is 3. The first-order chi connectivity index (χ1) is 17.7. The first-order valence-electron chi connectivity index (χ1n) is 11.1. The number of nitrogens with zero attached hydrogens (tertiary/aromatic N) is 2. The van der Waals surface area contributed by atoms with Gasteiger partial charge in [-0.05, 0) is 54.5 Å². The molecule has 190 valence electrons. The Bertz CT molecular complexity index is 1530. The van der Waals surface area contributed by atoms with Crippen LogP contribution in [-0.2, 0) is 20.9 Å². The van der Waals surface area contributed by atoms with Crippen LogP contribution in [0.2, 0.25) is 0 Å². The highest BCUT2D eigenvalue weighted by atomic mass is 32.1. The van der Waals surface area contributed by atoms with Gasteiger partial charge < -0.3 is 20.5 Å². The second-order valence-electron chi connectivity index (χ2n) is 7.85. The number of carboxylic acid groups (broad SMARTS) is 1. The van der Waals surface area contributed by atoms with Gasteiger partial charge in [-0.25, -0.2) is 4.79 Å². The van der Waals surface area contributed by atoms with Crippen LogP contribution in [0.5, 0.6) is 0 Å². The smallest absolute Gasteiger partial charge is 0.335 e. The number of anilines is 2. The van der Waals surface area contributed by atoms with Gasteiger partial charge in [-0.15, -0.1) is 11.3 Å². The highest BCUT2D eigenvalue weighted by Gasteiger charge is 2.16. The number of carboxylic acids is 1. The Hall–Kier alpha value is -4.53.